The molecule has 0 aliphatic carbocycles. The highest BCUT2D eigenvalue weighted by molar-refractivity contribution is 5.54. The normalized spacial score (nSPS) is 24.4. The van der Waals surface area contributed by atoms with Crippen molar-refractivity contribution in [3.8, 4) is 17.2 Å². The van der Waals surface area contributed by atoms with Crippen molar-refractivity contribution in [3.63, 3.8) is 0 Å². The minimum Gasteiger partial charge on any atom is -0.493 e. The van der Waals surface area contributed by atoms with E-state index in [2.05, 4.69) is 0 Å². The van der Waals surface area contributed by atoms with Crippen LogP contribution in [0.25, 0.3) is 0 Å². The maximum atomic E-state index is 9.76. The topological polar surface area (TPSA) is 107 Å². The van der Waals surface area contributed by atoms with Crippen molar-refractivity contribution in [2.75, 3.05) is 34.5 Å². The van der Waals surface area contributed by atoms with Crippen LogP contribution in [0.1, 0.15) is 40.0 Å². The third-order valence-electron chi connectivity index (χ3n) is 6.56. The highest BCUT2D eigenvalue weighted by Crippen LogP contribution is 2.52. The molecule has 4 rings (SSSR count). The molecule has 174 valence electrons. The molecule has 32 heavy (non-hydrogen) atoms. The SMILES string of the molecule is COc1cc([C@H]2OC[C@H]3[C@@H]2CO[C@@H]3c2cc(CO)c(CO)c(CO)c2)cc(OC)c1OC. The molecular formula is C24H30O8. The van der Waals surface area contributed by atoms with Gasteiger partial charge in [0.15, 0.2) is 11.5 Å². The van der Waals surface area contributed by atoms with Gasteiger partial charge in [-0.05, 0) is 39.9 Å². The van der Waals surface area contributed by atoms with Crippen LogP contribution in [0.2, 0.25) is 0 Å². The number of benzene rings is 2. The monoisotopic (exact) mass is 446 g/mol. The molecule has 0 spiro atoms. The third-order valence-corrected chi connectivity index (χ3v) is 6.56. The van der Waals surface area contributed by atoms with Crippen LogP contribution in [0, 0.1) is 11.8 Å². The highest BCUT2D eigenvalue weighted by atomic mass is 16.5. The molecule has 0 unspecified atom stereocenters. The Morgan fingerprint density at radius 2 is 1.19 bits per heavy atom. The van der Waals surface area contributed by atoms with Crippen molar-refractivity contribution in [3.05, 3.63) is 52.1 Å². The van der Waals surface area contributed by atoms with Gasteiger partial charge in [-0.2, -0.15) is 0 Å². The summed E-state index contributed by atoms with van der Waals surface area (Å²) in [6, 6.07) is 7.52. The lowest BCUT2D eigenvalue weighted by Crippen LogP contribution is -2.15. The number of rotatable bonds is 8. The zero-order valence-electron chi connectivity index (χ0n) is 18.5. The Morgan fingerprint density at radius 3 is 1.56 bits per heavy atom. The van der Waals surface area contributed by atoms with Crippen molar-refractivity contribution >= 4 is 0 Å². The molecule has 2 aromatic rings. The molecule has 3 N–H and O–H groups in total. The average molecular weight is 446 g/mol. The molecule has 2 fully saturated rings. The van der Waals surface area contributed by atoms with Crippen LogP contribution in [0.15, 0.2) is 24.3 Å². The second-order valence-corrected chi connectivity index (χ2v) is 8.09. The third kappa shape index (κ3) is 3.82. The molecule has 2 aliphatic heterocycles. The van der Waals surface area contributed by atoms with Crippen LogP contribution >= 0.6 is 0 Å². The highest BCUT2D eigenvalue weighted by Gasteiger charge is 2.48. The molecule has 0 amide bonds. The summed E-state index contributed by atoms with van der Waals surface area (Å²) in [4.78, 5) is 0. The van der Waals surface area contributed by atoms with E-state index in [1.54, 1.807) is 21.3 Å². The summed E-state index contributed by atoms with van der Waals surface area (Å²) in [5.74, 6) is 1.91. The van der Waals surface area contributed by atoms with Gasteiger partial charge >= 0.3 is 0 Å². The molecule has 0 saturated carbocycles. The first-order valence-corrected chi connectivity index (χ1v) is 10.6. The maximum Gasteiger partial charge on any atom is 0.203 e. The Labute approximate surface area is 187 Å². The number of aliphatic hydroxyl groups is 3. The van der Waals surface area contributed by atoms with E-state index in [1.807, 2.05) is 24.3 Å². The van der Waals surface area contributed by atoms with Crippen LogP contribution < -0.4 is 14.2 Å². The van der Waals surface area contributed by atoms with Gasteiger partial charge in [-0.25, -0.2) is 0 Å². The summed E-state index contributed by atoms with van der Waals surface area (Å²) in [6.07, 6.45) is -0.416. The number of ether oxygens (including phenoxy) is 5. The van der Waals surface area contributed by atoms with Crippen molar-refractivity contribution in [1.29, 1.82) is 0 Å². The van der Waals surface area contributed by atoms with Gasteiger partial charge in [0.25, 0.3) is 0 Å². The fourth-order valence-corrected chi connectivity index (χ4v) is 4.97. The molecule has 2 aliphatic rings. The Bertz CT molecular complexity index is 832. The molecule has 2 aromatic carbocycles. The summed E-state index contributed by atoms with van der Waals surface area (Å²) < 4.78 is 28.8. The van der Waals surface area contributed by atoms with Crippen LogP contribution in [0.5, 0.6) is 17.2 Å². The van der Waals surface area contributed by atoms with Crippen molar-refractivity contribution < 1.29 is 39.0 Å². The smallest absolute Gasteiger partial charge is 0.203 e. The quantitative estimate of drug-likeness (QED) is 0.567. The van der Waals surface area contributed by atoms with Crippen LogP contribution in [0.4, 0.5) is 0 Å². The predicted octanol–water partition coefficient (Wildman–Crippen LogP) is 2.26. The molecular weight excluding hydrogens is 416 g/mol. The number of aliphatic hydroxyl groups excluding tert-OH is 3. The minimum atomic E-state index is -0.240. The number of fused-ring (bicyclic) bond motifs is 1. The van der Waals surface area contributed by atoms with Gasteiger partial charge in [0.05, 0.1) is 66.6 Å². The summed E-state index contributed by atoms with van der Waals surface area (Å²) in [7, 11) is 4.74. The summed E-state index contributed by atoms with van der Waals surface area (Å²) in [5.41, 5.74) is 3.56. The fourth-order valence-electron chi connectivity index (χ4n) is 4.97. The van der Waals surface area contributed by atoms with E-state index in [4.69, 9.17) is 23.7 Å². The number of methoxy groups -OCH3 is 3. The zero-order chi connectivity index (χ0) is 22.8. The lowest BCUT2D eigenvalue weighted by molar-refractivity contribution is 0.0190. The molecule has 2 saturated heterocycles. The lowest BCUT2D eigenvalue weighted by atomic mass is 9.83. The largest absolute Gasteiger partial charge is 0.493 e. The summed E-state index contributed by atoms with van der Waals surface area (Å²) in [5, 5.41) is 29.2. The van der Waals surface area contributed by atoms with E-state index in [0.29, 0.717) is 47.2 Å². The van der Waals surface area contributed by atoms with Crippen molar-refractivity contribution in [2.24, 2.45) is 11.8 Å². The molecule has 8 nitrogen and oxygen atoms in total. The zero-order valence-corrected chi connectivity index (χ0v) is 18.5. The Balaban J connectivity index is 1.64. The van der Waals surface area contributed by atoms with Crippen LogP contribution in [0.3, 0.4) is 0 Å². The van der Waals surface area contributed by atoms with Gasteiger partial charge in [-0.15, -0.1) is 0 Å². The van der Waals surface area contributed by atoms with Gasteiger partial charge in [0.1, 0.15) is 0 Å². The molecule has 2 heterocycles. The van der Waals surface area contributed by atoms with Crippen LogP contribution in [-0.4, -0.2) is 49.9 Å². The van der Waals surface area contributed by atoms with Crippen molar-refractivity contribution in [2.45, 2.75) is 32.0 Å². The second kappa shape index (κ2) is 9.64. The minimum absolute atomic E-state index is 0.108. The van der Waals surface area contributed by atoms with Gasteiger partial charge < -0.3 is 39.0 Å². The van der Waals surface area contributed by atoms with Crippen molar-refractivity contribution in [1.82, 2.24) is 0 Å². The Kier molecular flexibility index (Phi) is 6.88. The second-order valence-electron chi connectivity index (χ2n) is 8.09. The molecule has 0 bridgehead atoms. The number of hydrogen-bond donors (Lipinski definition) is 3. The Morgan fingerprint density at radius 1 is 0.719 bits per heavy atom. The summed E-state index contributed by atoms with van der Waals surface area (Å²) >= 11 is 0. The first kappa shape index (κ1) is 22.8. The average Bonchev–Trinajstić information content (AvgIpc) is 3.44. The lowest BCUT2D eigenvalue weighted by Gasteiger charge is -2.20. The first-order chi connectivity index (χ1) is 15.6. The summed E-state index contributed by atoms with van der Waals surface area (Å²) in [6.45, 7) is 0.350. The molecule has 8 heteroatoms. The van der Waals surface area contributed by atoms with E-state index in [0.717, 1.165) is 11.1 Å². The van der Waals surface area contributed by atoms with Gasteiger partial charge in [0.2, 0.25) is 5.75 Å². The van der Waals surface area contributed by atoms with E-state index in [-0.39, 0.29) is 43.9 Å². The fraction of sp³-hybridized carbons (Fsp3) is 0.500. The van der Waals surface area contributed by atoms with E-state index >= 15 is 0 Å². The standard InChI is InChI=1S/C24H30O8/c1-28-20-6-14(7-21(29-2)24(20)30-3)23-19-12-31-22(18(19)11-32-23)13-4-15(8-25)17(10-27)16(5-13)9-26/h4-7,18-19,22-23,25-27H,8-12H2,1-3H3/t18-,19-,22+,23+/m0/s1. The molecule has 0 aromatic heterocycles. The van der Waals surface area contributed by atoms with Gasteiger partial charge in [-0.1, -0.05) is 12.1 Å². The Hall–Kier alpha value is -2.36. The maximum absolute atomic E-state index is 9.76. The molecule has 4 atom stereocenters. The first-order valence-electron chi connectivity index (χ1n) is 10.6. The van der Waals surface area contributed by atoms with Gasteiger partial charge in [0, 0.05) is 11.8 Å². The number of hydrogen-bond acceptors (Lipinski definition) is 8. The molecule has 0 radical (unpaired) electrons. The van der Waals surface area contributed by atoms with E-state index < -0.39 is 0 Å². The van der Waals surface area contributed by atoms with E-state index in [1.165, 1.54) is 0 Å². The van der Waals surface area contributed by atoms with E-state index in [9.17, 15) is 15.3 Å². The van der Waals surface area contributed by atoms with Crippen LogP contribution in [-0.2, 0) is 29.3 Å². The predicted molar refractivity (Wildman–Crippen MR) is 115 cm³/mol. The van der Waals surface area contributed by atoms with Gasteiger partial charge in [-0.3, -0.25) is 0 Å².